The van der Waals surface area contributed by atoms with Gasteiger partial charge in [0.05, 0.1) is 0 Å². The third-order valence-electron chi connectivity index (χ3n) is 5.09. The van der Waals surface area contributed by atoms with Crippen molar-refractivity contribution in [3.8, 4) is 0 Å². The molecule has 2 N–H and O–H groups in total. The summed E-state index contributed by atoms with van der Waals surface area (Å²) >= 11 is 0. The second kappa shape index (κ2) is 5.70. The average molecular weight is 274 g/mol. The summed E-state index contributed by atoms with van der Waals surface area (Å²) in [6.45, 7) is 7.92. The van der Waals surface area contributed by atoms with E-state index in [9.17, 15) is 0 Å². The molecule has 0 amide bonds. The van der Waals surface area contributed by atoms with Gasteiger partial charge in [-0.2, -0.15) is 0 Å². The topological polar surface area (TPSA) is 45.4 Å². The van der Waals surface area contributed by atoms with Gasteiger partial charge < -0.3 is 10.6 Å². The first-order valence-corrected chi connectivity index (χ1v) is 7.81. The first-order chi connectivity index (χ1) is 9.67. The first kappa shape index (κ1) is 13.8. The van der Waals surface area contributed by atoms with Gasteiger partial charge in [-0.05, 0) is 30.4 Å². The highest BCUT2D eigenvalue weighted by molar-refractivity contribution is 5.38. The second-order valence-electron chi connectivity index (χ2n) is 6.60. The van der Waals surface area contributed by atoms with Crippen molar-refractivity contribution in [3.63, 3.8) is 0 Å². The number of nitrogens with two attached hydrogens (primary N) is 1. The number of pyridine rings is 1. The maximum Gasteiger partial charge on any atom is 0.128 e. The Morgan fingerprint density at radius 2 is 2.10 bits per heavy atom. The molecule has 20 heavy (non-hydrogen) atoms. The monoisotopic (exact) mass is 274 g/mol. The molecule has 2 heterocycles. The van der Waals surface area contributed by atoms with Crippen LogP contribution in [-0.2, 0) is 0 Å². The van der Waals surface area contributed by atoms with Crippen LogP contribution in [0.15, 0.2) is 24.4 Å². The lowest BCUT2D eigenvalue weighted by molar-refractivity contribution is 0.146. The molecule has 0 bridgehead atoms. The number of hydrogen-bond donors (Lipinski definition) is 1. The lowest BCUT2D eigenvalue weighted by Crippen LogP contribution is -2.52. The smallest absolute Gasteiger partial charge is 0.128 e. The summed E-state index contributed by atoms with van der Waals surface area (Å²) in [6.07, 6.45) is 5.66. The molecule has 2 atom stereocenters. The molecule has 4 heteroatoms. The van der Waals surface area contributed by atoms with Crippen molar-refractivity contribution in [1.82, 2.24) is 9.88 Å². The molecule has 2 unspecified atom stereocenters. The number of nitrogens with zero attached hydrogens (tertiary/aromatic N) is 3. The zero-order chi connectivity index (χ0) is 14.0. The molecule has 2 fully saturated rings. The summed E-state index contributed by atoms with van der Waals surface area (Å²) in [6, 6.07) is 6.52. The third-order valence-corrected chi connectivity index (χ3v) is 5.09. The summed E-state index contributed by atoms with van der Waals surface area (Å²) in [7, 11) is 0. The van der Waals surface area contributed by atoms with Gasteiger partial charge >= 0.3 is 0 Å². The lowest BCUT2D eigenvalue weighted by Gasteiger charge is -2.40. The maximum atomic E-state index is 6.30. The van der Waals surface area contributed by atoms with Crippen molar-refractivity contribution in [2.24, 2.45) is 11.1 Å². The van der Waals surface area contributed by atoms with Crippen LogP contribution in [0.2, 0.25) is 0 Å². The minimum absolute atomic E-state index is 0.327. The molecule has 0 spiro atoms. The van der Waals surface area contributed by atoms with E-state index in [1.807, 2.05) is 12.3 Å². The van der Waals surface area contributed by atoms with E-state index in [1.54, 1.807) is 0 Å². The first-order valence-electron chi connectivity index (χ1n) is 7.81. The summed E-state index contributed by atoms with van der Waals surface area (Å²) in [5, 5.41) is 0. The molecule has 1 aliphatic heterocycles. The van der Waals surface area contributed by atoms with Gasteiger partial charge in [0.25, 0.3) is 0 Å². The number of aromatic nitrogens is 1. The fourth-order valence-electron chi connectivity index (χ4n) is 3.64. The van der Waals surface area contributed by atoms with Gasteiger partial charge in [-0.25, -0.2) is 4.98 Å². The Hall–Kier alpha value is -1.13. The van der Waals surface area contributed by atoms with Crippen LogP contribution in [0.1, 0.15) is 26.2 Å². The van der Waals surface area contributed by atoms with Crippen molar-refractivity contribution in [3.05, 3.63) is 24.4 Å². The minimum atomic E-state index is 0.327. The molecule has 3 rings (SSSR count). The van der Waals surface area contributed by atoms with Gasteiger partial charge in [-0.1, -0.05) is 19.4 Å². The van der Waals surface area contributed by atoms with E-state index in [1.165, 1.54) is 19.3 Å². The Kier molecular flexibility index (Phi) is 3.94. The van der Waals surface area contributed by atoms with Gasteiger partial charge in [0.2, 0.25) is 0 Å². The van der Waals surface area contributed by atoms with Gasteiger partial charge in [-0.3, -0.25) is 4.90 Å². The third kappa shape index (κ3) is 2.81. The predicted octanol–water partition coefficient (Wildman–Crippen LogP) is 1.72. The highest BCUT2D eigenvalue weighted by Gasteiger charge is 2.38. The molecule has 0 radical (unpaired) electrons. The van der Waals surface area contributed by atoms with E-state index in [0.29, 0.717) is 11.5 Å². The van der Waals surface area contributed by atoms with E-state index in [-0.39, 0.29) is 0 Å². The summed E-state index contributed by atoms with van der Waals surface area (Å²) in [5.74, 6) is 1.11. The molecular weight excluding hydrogens is 248 g/mol. The van der Waals surface area contributed by atoms with E-state index in [0.717, 1.165) is 38.5 Å². The number of rotatable bonds is 3. The van der Waals surface area contributed by atoms with E-state index in [2.05, 4.69) is 33.8 Å². The molecular formula is C16H26N4. The van der Waals surface area contributed by atoms with Gasteiger partial charge in [-0.15, -0.1) is 0 Å². The second-order valence-corrected chi connectivity index (χ2v) is 6.60. The Morgan fingerprint density at radius 3 is 2.70 bits per heavy atom. The molecule has 0 aromatic carbocycles. The molecule has 1 aliphatic carbocycles. The van der Waals surface area contributed by atoms with Gasteiger partial charge in [0, 0.05) is 45.0 Å². The zero-order valence-corrected chi connectivity index (χ0v) is 12.5. The Balaban J connectivity index is 1.54. The van der Waals surface area contributed by atoms with Gasteiger partial charge in [0.1, 0.15) is 5.82 Å². The fourth-order valence-corrected chi connectivity index (χ4v) is 3.64. The largest absolute Gasteiger partial charge is 0.354 e. The molecule has 1 saturated carbocycles. The number of piperazine rings is 1. The van der Waals surface area contributed by atoms with Crippen LogP contribution in [0.3, 0.4) is 0 Å². The fraction of sp³-hybridized carbons (Fsp3) is 0.688. The van der Waals surface area contributed by atoms with Crippen molar-refractivity contribution in [2.75, 3.05) is 37.6 Å². The molecule has 4 nitrogen and oxygen atoms in total. The van der Waals surface area contributed by atoms with Crippen LogP contribution in [0.5, 0.6) is 0 Å². The van der Waals surface area contributed by atoms with Crippen molar-refractivity contribution in [1.29, 1.82) is 0 Å². The van der Waals surface area contributed by atoms with Crippen molar-refractivity contribution in [2.45, 2.75) is 32.2 Å². The van der Waals surface area contributed by atoms with Crippen LogP contribution in [-0.4, -0.2) is 48.6 Å². The van der Waals surface area contributed by atoms with Gasteiger partial charge in [0.15, 0.2) is 0 Å². The summed E-state index contributed by atoms with van der Waals surface area (Å²) in [5.41, 5.74) is 6.63. The minimum Gasteiger partial charge on any atom is -0.354 e. The Morgan fingerprint density at radius 1 is 1.30 bits per heavy atom. The standard InChI is InChI=1S/C16H26N4/c1-16(7-4-5-14(16)17)13-19-9-11-20(12-10-19)15-6-2-3-8-18-15/h2-3,6,8,14H,4-5,7,9-13,17H2,1H3. The SMILES string of the molecule is CC1(CN2CCN(c3ccccn3)CC2)CCCC1N. The van der Waals surface area contributed by atoms with E-state index >= 15 is 0 Å². The normalized spacial score (nSPS) is 31.7. The van der Waals surface area contributed by atoms with Crippen LogP contribution in [0.4, 0.5) is 5.82 Å². The van der Waals surface area contributed by atoms with Crippen molar-refractivity contribution >= 4 is 5.82 Å². The summed E-state index contributed by atoms with van der Waals surface area (Å²) < 4.78 is 0. The van der Waals surface area contributed by atoms with Crippen LogP contribution in [0, 0.1) is 5.41 Å². The molecule has 1 saturated heterocycles. The van der Waals surface area contributed by atoms with Crippen LogP contribution in [0.25, 0.3) is 0 Å². The van der Waals surface area contributed by atoms with Crippen LogP contribution < -0.4 is 10.6 Å². The lowest BCUT2D eigenvalue weighted by atomic mass is 9.84. The summed E-state index contributed by atoms with van der Waals surface area (Å²) in [4.78, 5) is 9.41. The Bertz CT molecular complexity index is 427. The van der Waals surface area contributed by atoms with E-state index in [4.69, 9.17) is 5.73 Å². The maximum absolute atomic E-state index is 6.30. The zero-order valence-electron chi connectivity index (χ0n) is 12.5. The molecule has 110 valence electrons. The Labute approximate surface area is 122 Å². The van der Waals surface area contributed by atoms with Crippen molar-refractivity contribution < 1.29 is 0 Å². The molecule has 2 aliphatic rings. The number of anilines is 1. The molecule has 1 aromatic rings. The predicted molar refractivity (Wildman–Crippen MR) is 82.8 cm³/mol. The van der Waals surface area contributed by atoms with E-state index < -0.39 is 0 Å². The van der Waals surface area contributed by atoms with Crippen LogP contribution >= 0.6 is 0 Å². The average Bonchev–Trinajstić information content (AvgIpc) is 2.80. The highest BCUT2D eigenvalue weighted by Crippen LogP contribution is 2.37. The number of hydrogen-bond acceptors (Lipinski definition) is 4. The highest BCUT2D eigenvalue weighted by atomic mass is 15.3. The molecule has 1 aromatic heterocycles. The quantitative estimate of drug-likeness (QED) is 0.911.